The van der Waals surface area contributed by atoms with Gasteiger partial charge in [-0.2, -0.15) is 5.10 Å². The van der Waals surface area contributed by atoms with Gasteiger partial charge in [-0.25, -0.2) is 0 Å². The summed E-state index contributed by atoms with van der Waals surface area (Å²) in [6, 6.07) is 15.7. The van der Waals surface area contributed by atoms with E-state index >= 15 is 0 Å². The number of non-ortho nitro benzene ring substituents is 1. The number of benzene rings is 2. The van der Waals surface area contributed by atoms with Crippen LogP contribution in [0.2, 0.25) is 0 Å². The lowest BCUT2D eigenvalue weighted by molar-refractivity contribution is -0.384. The van der Waals surface area contributed by atoms with E-state index in [1.165, 1.54) is 24.3 Å². The number of aromatic nitrogens is 3. The van der Waals surface area contributed by atoms with Crippen LogP contribution in [-0.4, -0.2) is 37.5 Å². The molecule has 4 aromatic rings. The molecule has 0 saturated carbocycles. The number of thioether (sulfide) groups is 1. The monoisotopic (exact) mass is 490 g/mol. The number of nitrogens with zero attached hydrogens (tertiary/aromatic N) is 5. The number of rotatable bonds is 9. The lowest BCUT2D eigenvalue weighted by Crippen LogP contribution is -2.13. The maximum Gasteiger partial charge on any atom is 0.283 e. The molecule has 0 aliphatic rings. The predicted molar refractivity (Wildman–Crippen MR) is 129 cm³/mol. The lowest BCUT2D eigenvalue weighted by atomic mass is 10.1. The van der Waals surface area contributed by atoms with Crippen molar-refractivity contribution in [2.75, 3.05) is 12.0 Å². The summed E-state index contributed by atoms with van der Waals surface area (Å²) < 4.78 is 11.1. The minimum atomic E-state index is -0.500. The van der Waals surface area contributed by atoms with E-state index in [1.54, 1.807) is 48.8 Å². The van der Waals surface area contributed by atoms with Crippen LogP contribution in [0, 0.1) is 10.1 Å². The Morgan fingerprint density at radius 1 is 1.09 bits per heavy atom. The van der Waals surface area contributed by atoms with Gasteiger partial charge in [-0.1, -0.05) is 0 Å². The number of Topliss-reactive ketones (excluding diaryl/α,β-unsaturated/α-hetero) is 1. The van der Waals surface area contributed by atoms with Crippen molar-refractivity contribution in [1.29, 1.82) is 0 Å². The van der Waals surface area contributed by atoms with E-state index in [0.29, 0.717) is 29.2 Å². The standard InChI is InChI=1S/C23H18N6O5S/c1-2-33-19-9-3-15(4-10-19)20(30)22(27-25-17-5-7-18(8-6-17)29(31)32)35-23-28-26-21(34-23)16-11-13-24-14-12-16/h3-14,25H,2H2,1H3/b27-22+. The number of anilines is 1. The molecule has 0 fully saturated rings. The second-order valence-electron chi connectivity index (χ2n) is 6.83. The van der Waals surface area contributed by atoms with Crippen LogP contribution in [-0.2, 0) is 0 Å². The molecule has 0 amide bonds. The molecule has 1 N–H and O–H groups in total. The first-order chi connectivity index (χ1) is 17.0. The summed E-state index contributed by atoms with van der Waals surface area (Å²) in [4.78, 5) is 27.6. The van der Waals surface area contributed by atoms with E-state index in [4.69, 9.17) is 9.15 Å². The summed E-state index contributed by atoms with van der Waals surface area (Å²) in [5, 5.41) is 23.2. The molecule has 0 radical (unpaired) electrons. The molecule has 0 aliphatic carbocycles. The van der Waals surface area contributed by atoms with Gasteiger partial charge < -0.3 is 9.15 Å². The number of hydrazone groups is 1. The zero-order chi connectivity index (χ0) is 24.6. The Hall–Kier alpha value is -4.58. The van der Waals surface area contributed by atoms with Gasteiger partial charge in [0.05, 0.1) is 17.2 Å². The van der Waals surface area contributed by atoms with Crippen LogP contribution >= 0.6 is 11.8 Å². The molecule has 12 heteroatoms. The van der Waals surface area contributed by atoms with Crippen LogP contribution in [0.15, 0.2) is 87.8 Å². The molecule has 11 nitrogen and oxygen atoms in total. The lowest BCUT2D eigenvalue weighted by Gasteiger charge is -2.07. The average molecular weight is 491 g/mol. The summed E-state index contributed by atoms with van der Waals surface area (Å²) in [5.41, 5.74) is 4.20. The number of carbonyl (C=O) groups is 1. The van der Waals surface area contributed by atoms with Crippen LogP contribution in [0.25, 0.3) is 11.5 Å². The number of nitro benzene ring substituents is 1. The van der Waals surface area contributed by atoms with Gasteiger partial charge >= 0.3 is 0 Å². The van der Waals surface area contributed by atoms with Crippen molar-refractivity contribution in [3.8, 4) is 17.2 Å². The Bertz CT molecular complexity index is 1340. The molecular formula is C23H18N6O5S. The Morgan fingerprint density at radius 3 is 2.46 bits per heavy atom. The van der Waals surface area contributed by atoms with Gasteiger partial charge in [-0.05, 0) is 67.2 Å². The van der Waals surface area contributed by atoms with Gasteiger partial charge in [-0.15, -0.1) is 10.2 Å². The van der Waals surface area contributed by atoms with E-state index in [0.717, 1.165) is 11.8 Å². The fourth-order valence-electron chi connectivity index (χ4n) is 2.83. The Balaban J connectivity index is 1.59. The number of pyridine rings is 1. The number of ketones is 1. The molecule has 176 valence electrons. The third kappa shape index (κ3) is 6.06. The molecule has 0 saturated heterocycles. The molecule has 2 aromatic carbocycles. The van der Waals surface area contributed by atoms with E-state index in [2.05, 4.69) is 25.7 Å². The van der Waals surface area contributed by atoms with Crippen molar-refractivity contribution in [3.63, 3.8) is 0 Å². The molecule has 4 rings (SSSR count). The number of ether oxygens (including phenoxy) is 1. The van der Waals surface area contributed by atoms with E-state index in [9.17, 15) is 14.9 Å². The first-order valence-corrected chi connectivity index (χ1v) is 11.1. The Labute approximate surface area is 203 Å². The SMILES string of the molecule is CCOc1ccc(C(=O)/C(=N\Nc2ccc([N+](=O)[O-])cc2)Sc2nnc(-c3ccncc3)o2)cc1. The van der Waals surface area contributed by atoms with Gasteiger partial charge in [-0.3, -0.25) is 25.3 Å². The minimum Gasteiger partial charge on any atom is -0.494 e. The van der Waals surface area contributed by atoms with Gasteiger partial charge in [0.25, 0.3) is 10.9 Å². The number of hydrogen-bond acceptors (Lipinski definition) is 11. The molecular weight excluding hydrogens is 472 g/mol. The van der Waals surface area contributed by atoms with Crippen LogP contribution in [0.5, 0.6) is 5.75 Å². The first-order valence-electron chi connectivity index (χ1n) is 10.3. The molecule has 0 unspecified atom stereocenters. The van der Waals surface area contributed by atoms with Gasteiger partial charge in [0.1, 0.15) is 5.75 Å². The molecule has 2 heterocycles. The molecule has 0 atom stereocenters. The van der Waals surface area contributed by atoms with E-state index in [1.807, 2.05) is 6.92 Å². The second kappa shape index (κ2) is 11.0. The van der Waals surface area contributed by atoms with Crippen LogP contribution in [0.1, 0.15) is 17.3 Å². The normalized spacial score (nSPS) is 11.2. The van der Waals surface area contributed by atoms with Gasteiger partial charge in [0.2, 0.25) is 11.7 Å². The van der Waals surface area contributed by atoms with Crippen molar-refractivity contribution in [2.24, 2.45) is 5.10 Å². The molecule has 0 spiro atoms. The van der Waals surface area contributed by atoms with Crippen molar-refractivity contribution >= 4 is 34.0 Å². The second-order valence-corrected chi connectivity index (χ2v) is 7.77. The van der Waals surface area contributed by atoms with E-state index in [-0.39, 0.29) is 21.8 Å². The summed E-state index contributed by atoms with van der Waals surface area (Å²) >= 11 is 0.891. The molecule has 0 aliphatic heterocycles. The van der Waals surface area contributed by atoms with Gasteiger partial charge in [0, 0.05) is 35.7 Å². The summed E-state index contributed by atoms with van der Waals surface area (Å²) in [6.45, 7) is 2.38. The molecule has 35 heavy (non-hydrogen) atoms. The Kier molecular flexibility index (Phi) is 7.43. The first kappa shape index (κ1) is 23.6. The molecule has 2 aromatic heterocycles. The van der Waals surface area contributed by atoms with Crippen molar-refractivity contribution in [2.45, 2.75) is 12.1 Å². The fraction of sp³-hybridized carbons (Fsp3) is 0.0870. The van der Waals surface area contributed by atoms with E-state index < -0.39 is 10.7 Å². The maximum absolute atomic E-state index is 13.2. The number of carbonyl (C=O) groups excluding carboxylic acids is 1. The largest absolute Gasteiger partial charge is 0.494 e. The van der Waals surface area contributed by atoms with Crippen LogP contribution < -0.4 is 10.2 Å². The third-order valence-electron chi connectivity index (χ3n) is 4.50. The zero-order valence-electron chi connectivity index (χ0n) is 18.3. The quantitative estimate of drug-likeness (QED) is 0.0863. The van der Waals surface area contributed by atoms with Gasteiger partial charge in [0.15, 0.2) is 5.04 Å². The van der Waals surface area contributed by atoms with Crippen molar-refractivity contribution in [3.05, 3.63) is 88.7 Å². The summed E-state index contributed by atoms with van der Waals surface area (Å²) in [6.07, 6.45) is 3.20. The highest BCUT2D eigenvalue weighted by molar-refractivity contribution is 8.15. The highest BCUT2D eigenvalue weighted by Crippen LogP contribution is 2.26. The maximum atomic E-state index is 13.2. The average Bonchev–Trinajstić information content (AvgIpc) is 3.36. The third-order valence-corrected chi connectivity index (χ3v) is 5.31. The van der Waals surface area contributed by atoms with Crippen LogP contribution in [0.4, 0.5) is 11.4 Å². The predicted octanol–water partition coefficient (Wildman–Crippen LogP) is 4.84. The smallest absolute Gasteiger partial charge is 0.283 e. The summed E-state index contributed by atoms with van der Waals surface area (Å²) in [5.74, 6) is 0.514. The number of nitro groups is 1. The van der Waals surface area contributed by atoms with Crippen LogP contribution in [0.3, 0.4) is 0 Å². The highest BCUT2D eigenvalue weighted by atomic mass is 32.2. The topological polar surface area (TPSA) is 146 Å². The minimum absolute atomic E-state index is 0.0254. The number of hydrogen-bond donors (Lipinski definition) is 1. The summed E-state index contributed by atoms with van der Waals surface area (Å²) in [7, 11) is 0. The van der Waals surface area contributed by atoms with Crippen molar-refractivity contribution in [1.82, 2.24) is 15.2 Å². The molecule has 0 bridgehead atoms. The fourth-order valence-corrected chi connectivity index (χ4v) is 3.50. The van der Waals surface area contributed by atoms with Crippen molar-refractivity contribution < 1.29 is 18.9 Å². The zero-order valence-corrected chi connectivity index (χ0v) is 19.1. The highest BCUT2D eigenvalue weighted by Gasteiger charge is 2.20. The Morgan fingerprint density at radius 2 is 1.80 bits per heavy atom. The number of nitrogens with one attached hydrogen (secondary N) is 1.